The second-order valence-corrected chi connectivity index (χ2v) is 19.5. The zero-order valence-electron chi connectivity index (χ0n) is 40.6. The lowest BCUT2D eigenvalue weighted by molar-refractivity contribution is -0.399. The third-order valence-corrected chi connectivity index (χ3v) is 14.0. The molecule has 0 aliphatic carbocycles. The molecule has 5 aliphatic rings. The molecule has 5 saturated heterocycles. The Morgan fingerprint density at radius 2 is 0.754 bits per heavy atom. The minimum atomic E-state index is -1.89. The van der Waals surface area contributed by atoms with Crippen molar-refractivity contribution < 1.29 is 113 Å². The summed E-state index contributed by atoms with van der Waals surface area (Å²) in [5, 5.41) is 129. The van der Waals surface area contributed by atoms with Crippen LogP contribution in [0.1, 0.15) is 125 Å². The van der Waals surface area contributed by atoms with E-state index in [4.69, 9.17) is 52.5 Å². The minimum Gasteiger partial charge on any atom is -0.481 e. The highest BCUT2D eigenvalue weighted by Crippen LogP contribution is 2.37. The molecule has 23 nitrogen and oxygen atoms in total. The Kier molecular flexibility index (Phi) is 23.1. The Balaban J connectivity index is 1.26. The van der Waals surface area contributed by atoms with Gasteiger partial charge in [0.25, 0.3) is 0 Å². The number of unbranched alkanes of at least 4 members (excludes halogenated alkanes) is 8. The summed E-state index contributed by atoms with van der Waals surface area (Å²) < 4.78 is 60.3. The van der Waals surface area contributed by atoms with Gasteiger partial charge < -0.3 is 109 Å². The first kappa shape index (κ1) is 58.5. The number of aliphatic hydroxyl groups excluding tert-OH is 11. The fourth-order valence-electron chi connectivity index (χ4n) is 9.50. The number of aliphatic hydroxyl groups is 11. The Hall–Kier alpha value is -1.37. The number of rotatable bonds is 24. The van der Waals surface area contributed by atoms with Gasteiger partial charge in [-0.25, -0.2) is 0 Å². The molecule has 0 saturated carbocycles. The summed E-state index contributed by atoms with van der Waals surface area (Å²) in [7, 11) is 0. The first-order chi connectivity index (χ1) is 32.7. The molecule has 5 aliphatic heterocycles. The van der Waals surface area contributed by atoms with Crippen molar-refractivity contribution in [3.8, 4) is 0 Å². The Bertz CT molecular complexity index is 1500. The molecule has 5 rings (SSSR count). The van der Waals surface area contributed by atoms with E-state index in [1.54, 1.807) is 6.92 Å². The zero-order chi connectivity index (χ0) is 50.9. The maximum absolute atomic E-state index is 11.9. The van der Waals surface area contributed by atoms with E-state index in [9.17, 15) is 61.0 Å². The van der Waals surface area contributed by atoms with Gasteiger partial charge in [0.15, 0.2) is 31.5 Å². The van der Waals surface area contributed by atoms with Crippen molar-refractivity contribution in [2.24, 2.45) is 0 Å². The van der Waals surface area contributed by atoms with Crippen LogP contribution in [-0.4, -0.2) is 227 Å². The Morgan fingerprint density at radius 1 is 0.391 bits per heavy atom. The van der Waals surface area contributed by atoms with Crippen molar-refractivity contribution in [3.63, 3.8) is 0 Å². The molecule has 0 aromatic heterocycles. The van der Waals surface area contributed by atoms with Crippen molar-refractivity contribution in [3.05, 3.63) is 0 Å². The maximum Gasteiger partial charge on any atom is 0.303 e. The van der Waals surface area contributed by atoms with Gasteiger partial charge in [-0.05, 0) is 53.9 Å². The van der Waals surface area contributed by atoms with E-state index in [0.29, 0.717) is 19.3 Å². The fraction of sp³-hybridized carbons (Fsp3) is 0.978. The number of hydrogen-bond acceptors (Lipinski definition) is 22. The molecule has 5 fully saturated rings. The number of aliphatic carboxylic acids is 1. The molecular formula is C46H82O23. The standard InChI is InChI=1S/C46H82O23/c1-7-8-14-17-25(18-15-12-10-9-11-13-16-19-26(47)48)65-46-41(32(54)29(51)22(4)62-46)69-44-36(58)33(55)38(23(5)63-44)66-45-37(59)40(68-43-35(57)31(53)28(50)21(3)61-43)39(24(6)64-45)67-42-34(56)30(52)27(49)20(2)60-42/h20-25,27-46,49-59H,7-19H2,1-6H3,(H,47,48). The molecule has 12 N–H and O–H groups in total. The van der Waals surface area contributed by atoms with Crippen LogP contribution in [0.3, 0.4) is 0 Å². The van der Waals surface area contributed by atoms with Crippen molar-refractivity contribution in [1.29, 1.82) is 0 Å². The van der Waals surface area contributed by atoms with Crippen LogP contribution in [0.2, 0.25) is 0 Å². The van der Waals surface area contributed by atoms with Crippen LogP contribution in [0.4, 0.5) is 0 Å². The summed E-state index contributed by atoms with van der Waals surface area (Å²) >= 11 is 0. The van der Waals surface area contributed by atoms with Gasteiger partial charge in [-0.15, -0.1) is 0 Å². The van der Waals surface area contributed by atoms with E-state index in [1.165, 1.54) is 27.7 Å². The van der Waals surface area contributed by atoms with E-state index >= 15 is 0 Å². The molecule has 69 heavy (non-hydrogen) atoms. The van der Waals surface area contributed by atoms with Crippen molar-refractivity contribution in [1.82, 2.24) is 0 Å². The SMILES string of the molecule is CCCCCC(CCCCCCCCCC(=O)O)OC1OC(C)C(O)C(O)C1OC1OC(C)C(OC2OC(C)C(OC3OC(C)C(O)C(O)C3O)C(OC3OC(C)C(O)C(O)C3O)C2O)C(O)C1O. The van der Waals surface area contributed by atoms with Gasteiger partial charge in [-0.1, -0.05) is 64.7 Å². The molecule has 0 aromatic rings. The van der Waals surface area contributed by atoms with Crippen LogP contribution in [0, 0.1) is 0 Å². The lowest BCUT2D eigenvalue weighted by atomic mass is 9.95. The highest BCUT2D eigenvalue weighted by atomic mass is 16.8. The first-order valence-corrected chi connectivity index (χ1v) is 24.9. The monoisotopic (exact) mass is 1000 g/mol. The number of carboxylic acid groups (broad SMARTS) is 1. The zero-order valence-corrected chi connectivity index (χ0v) is 40.6. The molecule has 0 spiro atoms. The van der Waals surface area contributed by atoms with Crippen molar-refractivity contribution in [2.75, 3.05) is 0 Å². The number of carboxylic acids is 1. The third-order valence-electron chi connectivity index (χ3n) is 14.0. The van der Waals surface area contributed by atoms with Gasteiger partial charge in [-0.3, -0.25) is 4.79 Å². The molecular weight excluding hydrogens is 920 g/mol. The Morgan fingerprint density at radius 3 is 1.28 bits per heavy atom. The van der Waals surface area contributed by atoms with Gasteiger partial charge in [0.05, 0.1) is 36.6 Å². The van der Waals surface area contributed by atoms with Crippen LogP contribution in [0.5, 0.6) is 0 Å². The van der Waals surface area contributed by atoms with E-state index in [0.717, 1.165) is 57.8 Å². The largest absolute Gasteiger partial charge is 0.481 e. The summed E-state index contributed by atoms with van der Waals surface area (Å²) in [5.74, 6) is -0.789. The van der Waals surface area contributed by atoms with E-state index in [2.05, 4.69) is 6.92 Å². The summed E-state index contributed by atoms with van der Waals surface area (Å²) in [5.41, 5.74) is 0. The number of hydrogen-bond donors (Lipinski definition) is 12. The summed E-state index contributed by atoms with van der Waals surface area (Å²) in [6, 6.07) is 0. The molecule has 5 heterocycles. The summed E-state index contributed by atoms with van der Waals surface area (Å²) in [6.07, 6.45) is -27.2. The minimum absolute atomic E-state index is 0.171. The molecule has 23 heteroatoms. The maximum atomic E-state index is 11.9. The molecule has 0 aromatic carbocycles. The lowest BCUT2D eigenvalue weighted by Gasteiger charge is -2.50. The Labute approximate surface area is 403 Å². The summed E-state index contributed by atoms with van der Waals surface area (Å²) in [4.78, 5) is 10.8. The molecule has 26 atom stereocenters. The van der Waals surface area contributed by atoms with Crippen molar-refractivity contribution >= 4 is 5.97 Å². The van der Waals surface area contributed by atoms with E-state index < -0.39 is 159 Å². The molecule has 0 bridgehead atoms. The van der Waals surface area contributed by atoms with Gasteiger partial charge in [0, 0.05) is 6.42 Å². The average molecular weight is 1000 g/mol. The van der Waals surface area contributed by atoms with Crippen LogP contribution in [0.15, 0.2) is 0 Å². The van der Waals surface area contributed by atoms with Crippen LogP contribution in [0.25, 0.3) is 0 Å². The average Bonchev–Trinajstić information content (AvgIpc) is 3.30. The number of carbonyl (C=O) groups is 1. The third kappa shape index (κ3) is 15.1. The van der Waals surface area contributed by atoms with Gasteiger partial charge >= 0.3 is 5.97 Å². The predicted molar refractivity (Wildman–Crippen MR) is 235 cm³/mol. The van der Waals surface area contributed by atoms with Crippen LogP contribution in [-0.2, 0) is 52.2 Å². The van der Waals surface area contributed by atoms with Gasteiger partial charge in [-0.2, -0.15) is 0 Å². The predicted octanol–water partition coefficient (Wildman–Crippen LogP) is -1.22. The van der Waals surface area contributed by atoms with Gasteiger partial charge in [0.2, 0.25) is 0 Å². The van der Waals surface area contributed by atoms with Crippen molar-refractivity contribution in [2.45, 2.75) is 285 Å². The second kappa shape index (κ2) is 27.2. The highest BCUT2D eigenvalue weighted by molar-refractivity contribution is 5.66. The molecule has 0 amide bonds. The van der Waals surface area contributed by atoms with Gasteiger partial charge in [0.1, 0.15) is 91.6 Å². The second-order valence-electron chi connectivity index (χ2n) is 19.5. The van der Waals surface area contributed by atoms with Crippen LogP contribution >= 0.6 is 0 Å². The van der Waals surface area contributed by atoms with E-state index in [1.807, 2.05) is 0 Å². The lowest BCUT2D eigenvalue weighted by Crippen LogP contribution is -2.67. The normalized spacial score (nSPS) is 45.8. The fourth-order valence-corrected chi connectivity index (χ4v) is 9.50. The first-order valence-electron chi connectivity index (χ1n) is 24.9. The van der Waals surface area contributed by atoms with Crippen LogP contribution < -0.4 is 0 Å². The molecule has 0 radical (unpaired) electrons. The highest BCUT2D eigenvalue weighted by Gasteiger charge is 2.56. The smallest absolute Gasteiger partial charge is 0.303 e. The quantitative estimate of drug-likeness (QED) is 0.0504. The number of ether oxygens (including phenoxy) is 10. The molecule has 404 valence electrons. The molecule has 26 unspecified atom stereocenters. The summed E-state index contributed by atoms with van der Waals surface area (Å²) in [6.45, 7) is 9.47. The topological polar surface area (TPSA) is 352 Å². The van der Waals surface area contributed by atoms with E-state index in [-0.39, 0.29) is 12.5 Å².